The first-order chi connectivity index (χ1) is 13.2. The highest BCUT2D eigenvalue weighted by molar-refractivity contribution is 6.35. The van der Waals surface area contributed by atoms with E-state index in [2.05, 4.69) is 5.10 Å². The van der Waals surface area contributed by atoms with Crippen LogP contribution in [0.4, 0.5) is 5.69 Å². The van der Waals surface area contributed by atoms with E-state index in [-0.39, 0.29) is 27.5 Å². The highest BCUT2D eigenvalue weighted by atomic mass is 35.5. The third kappa shape index (κ3) is 3.54. The smallest absolute Gasteiger partial charge is 0.270 e. The van der Waals surface area contributed by atoms with Gasteiger partial charge in [-0.1, -0.05) is 23.2 Å². The zero-order valence-corrected chi connectivity index (χ0v) is 16.3. The monoisotopic (exact) mass is 417 g/mol. The van der Waals surface area contributed by atoms with Crippen LogP contribution in [0, 0.1) is 17.0 Å². The average molecular weight is 418 g/mol. The lowest BCUT2D eigenvalue weighted by atomic mass is 9.97. The number of aromatic nitrogens is 2. The molecule has 0 spiro atoms. The fourth-order valence-electron chi connectivity index (χ4n) is 2.86. The predicted molar refractivity (Wildman–Crippen MR) is 104 cm³/mol. The van der Waals surface area contributed by atoms with Crippen molar-refractivity contribution in [3.8, 4) is 0 Å². The molecule has 0 aliphatic heterocycles. The lowest BCUT2D eigenvalue weighted by molar-refractivity contribution is -0.384. The fourth-order valence-corrected chi connectivity index (χ4v) is 3.25. The Morgan fingerprint density at radius 2 is 1.71 bits per heavy atom. The second kappa shape index (κ2) is 7.53. The molecule has 3 rings (SSSR count). The van der Waals surface area contributed by atoms with E-state index in [0.29, 0.717) is 16.3 Å². The molecule has 0 aliphatic rings. The Morgan fingerprint density at radius 1 is 1.07 bits per heavy atom. The van der Waals surface area contributed by atoms with E-state index in [0.717, 1.165) is 6.07 Å². The number of carbonyl (C=O) groups excluding carboxylic acids is 2. The molecule has 0 saturated heterocycles. The number of benzene rings is 2. The number of rotatable bonds is 5. The van der Waals surface area contributed by atoms with E-state index in [1.807, 2.05) is 0 Å². The van der Waals surface area contributed by atoms with Crippen LogP contribution >= 0.6 is 23.2 Å². The summed E-state index contributed by atoms with van der Waals surface area (Å²) in [6.07, 6.45) is 0. The Balaban J connectivity index is 2.10. The van der Waals surface area contributed by atoms with Gasteiger partial charge in [-0.2, -0.15) is 5.10 Å². The summed E-state index contributed by atoms with van der Waals surface area (Å²) >= 11 is 12.0. The van der Waals surface area contributed by atoms with Gasteiger partial charge in [-0.05, 0) is 37.3 Å². The lowest BCUT2D eigenvalue weighted by Crippen LogP contribution is -2.14. The molecule has 142 valence electrons. The molecule has 0 atom stereocenters. The van der Waals surface area contributed by atoms with E-state index >= 15 is 0 Å². The topological polar surface area (TPSA) is 95.1 Å². The summed E-state index contributed by atoms with van der Waals surface area (Å²) in [7, 11) is 1.56. The molecule has 0 saturated carbocycles. The van der Waals surface area contributed by atoms with Crippen molar-refractivity contribution in [1.82, 2.24) is 9.78 Å². The van der Waals surface area contributed by atoms with Crippen molar-refractivity contribution in [2.24, 2.45) is 7.05 Å². The molecule has 2 aromatic carbocycles. The van der Waals surface area contributed by atoms with Crippen LogP contribution in [-0.2, 0) is 7.05 Å². The SMILES string of the molecule is Cc1nn(C)c(C(=O)c2ccc(Cl)cc2)c1C(=O)c1ccc([N+](=O)[O-])cc1Cl. The van der Waals surface area contributed by atoms with Crippen molar-refractivity contribution in [2.75, 3.05) is 0 Å². The Hall–Kier alpha value is -3.03. The van der Waals surface area contributed by atoms with Crippen LogP contribution in [-0.4, -0.2) is 26.3 Å². The molecular weight excluding hydrogens is 405 g/mol. The van der Waals surface area contributed by atoms with Crippen LogP contribution in [0.15, 0.2) is 42.5 Å². The number of aryl methyl sites for hydroxylation is 2. The standard InChI is InChI=1S/C19H13Cl2N3O4/c1-10-16(19(26)14-8-7-13(24(27)28)9-15(14)21)17(23(2)22-10)18(25)11-3-5-12(20)6-4-11/h3-9H,1-2H3. The molecular formula is C19H13Cl2N3O4. The maximum atomic E-state index is 13.1. The molecule has 3 aromatic rings. The van der Waals surface area contributed by atoms with Gasteiger partial charge in [0, 0.05) is 35.3 Å². The van der Waals surface area contributed by atoms with Crippen molar-refractivity contribution >= 4 is 40.5 Å². The molecule has 0 fully saturated rings. The third-order valence-electron chi connectivity index (χ3n) is 4.18. The van der Waals surface area contributed by atoms with Crippen molar-refractivity contribution in [2.45, 2.75) is 6.92 Å². The first-order valence-corrected chi connectivity index (χ1v) is 8.78. The quantitative estimate of drug-likeness (QED) is 0.348. The zero-order chi connectivity index (χ0) is 20.6. The van der Waals surface area contributed by atoms with Crippen molar-refractivity contribution in [1.29, 1.82) is 0 Å². The normalized spacial score (nSPS) is 10.7. The summed E-state index contributed by atoms with van der Waals surface area (Å²) in [4.78, 5) is 36.4. The minimum Gasteiger partial charge on any atom is -0.288 e. The summed E-state index contributed by atoms with van der Waals surface area (Å²) in [5, 5.41) is 15.5. The van der Waals surface area contributed by atoms with Crippen molar-refractivity contribution in [3.05, 3.63) is 90.7 Å². The van der Waals surface area contributed by atoms with Gasteiger partial charge in [0.1, 0.15) is 5.69 Å². The van der Waals surface area contributed by atoms with E-state index in [9.17, 15) is 19.7 Å². The Kier molecular flexibility index (Phi) is 5.31. The van der Waals surface area contributed by atoms with E-state index in [4.69, 9.17) is 23.2 Å². The largest absolute Gasteiger partial charge is 0.288 e. The number of nitrogens with zero attached hydrogens (tertiary/aromatic N) is 3. The third-order valence-corrected chi connectivity index (χ3v) is 4.74. The van der Waals surface area contributed by atoms with Crippen LogP contribution in [0.1, 0.15) is 37.7 Å². The van der Waals surface area contributed by atoms with Crippen molar-refractivity contribution in [3.63, 3.8) is 0 Å². The maximum absolute atomic E-state index is 13.1. The number of non-ortho nitro benzene ring substituents is 1. The fraction of sp³-hybridized carbons (Fsp3) is 0.105. The molecule has 1 heterocycles. The Bertz CT molecular complexity index is 1120. The summed E-state index contributed by atoms with van der Waals surface area (Å²) in [5.41, 5.74) is 0.698. The number of hydrogen-bond donors (Lipinski definition) is 0. The van der Waals surface area contributed by atoms with Gasteiger partial charge in [0.05, 0.1) is 21.2 Å². The molecule has 1 aromatic heterocycles. The molecule has 0 unspecified atom stereocenters. The van der Waals surface area contributed by atoms with Gasteiger partial charge in [-0.15, -0.1) is 0 Å². The number of carbonyl (C=O) groups is 2. The molecule has 0 radical (unpaired) electrons. The van der Waals surface area contributed by atoms with E-state index < -0.39 is 16.5 Å². The first-order valence-electron chi connectivity index (χ1n) is 8.03. The first kappa shape index (κ1) is 19.7. The molecule has 7 nitrogen and oxygen atoms in total. The van der Waals surface area contributed by atoms with Gasteiger partial charge in [0.2, 0.25) is 5.78 Å². The molecule has 0 N–H and O–H groups in total. The molecule has 0 bridgehead atoms. The molecule has 9 heteroatoms. The second-order valence-electron chi connectivity index (χ2n) is 6.02. The molecule has 0 amide bonds. The summed E-state index contributed by atoms with van der Waals surface area (Å²) in [6.45, 7) is 1.60. The molecule has 0 aliphatic carbocycles. The van der Waals surface area contributed by atoms with Gasteiger partial charge in [0.25, 0.3) is 5.69 Å². The Morgan fingerprint density at radius 3 is 2.29 bits per heavy atom. The van der Waals surface area contributed by atoms with Gasteiger partial charge in [-0.25, -0.2) is 0 Å². The number of halogens is 2. The van der Waals surface area contributed by atoms with Gasteiger partial charge >= 0.3 is 0 Å². The predicted octanol–water partition coefficient (Wildman–Crippen LogP) is 4.41. The van der Waals surface area contributed by atoms with E-state index in [1.54, 1.807) is 38.2 Å². The van der Waals surface area contributed by atoms with Crippen molar-refractivity contribution < 1.29 is 14.5 Å². The highest BCUT2D eigenvalue weighted by Gasteiger charge is 2.28. The van der Waals surface area contributed by atoms with Crippen LogP contribution in [0.25, 0.3) is 0 Å². The number of hydrogen-bond acceptors (Lipinski definition) is 5. The van der Waals surface area contributed by atoms with E-state index in [1.165, 1.54) is 16.8 Å². The number of ketones is 2. The van der Waals surface area contributed by atoms with Crippen LogP contribution < -0.4 is 0 Å². The van der Waals surface area contributed by atoms with Crippen LogP contribution in [0.3, 0.4) is 0 Å². The summed E-state index contributed by atoms with van der Waals surface area (Å²) < 4.78 is 1.33. The van der Waals surface area contributed by atoms with Crippen LogP contribution in [0.5, 0.6) is 0 Å². The minimum absolute atomic E-state index is 0.0496. The maximum Gasteiger partial charge on any atom is 0.270 e. The number of nitro benzene ring substituents is 1. The van der Waals surface area contributed by atoms with Gasteiger partial charge in [0.15, 0.2) is 5.78 Å². The molecule has 28 heavy (non-hydrogen) atoms. The summed E-state index contributed by atoms with van der Waals surface area (Å²) in [6, 6.07) is 9.82. The minimum atomic E-state index is -0.606. The van der Waals surface area contributed by atoms with Gasteiger partial charge < -0.3 is 0 Å². The van der Waals surface area contributed by atoms with Gasteiger partial charge in [-0.3, -0.25) is 24.4 Å². The number of nitro groups is 1. The highest BCUT2D eigenvalue weighted by Crippen LogP contribution is 2.28. The average Bonchev–Trinajstić information content (AvgIpc) is 2.94. The summed E-state index contributed by atoms with van der Waals surface area (Å²) in [5.74, 6) is -0.941. The Labute approximate surface area is 169 Å². The van der Waals surface area contributed by atoms with Crippen LogP contribution in [0.2, 0.25) is 10.0 Å². The second-order valence-corrected chi connectivity index (χ2v) is 6.86. The lowest BCUT2D eigenvalue weighted by Gasteiger charge is -2.07. The zero-order valence-electron chi connectivity index (χ0n) is 14.8.